The molecule has 2 amide bonds. The van der Waals surface area contributed by atoms with Crippen molar-refractivity contribution in [2.24, 2.45) is 20.5 Å². The summed E-state index contributed by atoms with van der Waals surface area (Å²) in [6.45, 7) is 3.82. The van der Waals surface area contributed by atoms with E-state index in [1.54, 1.807) is 97.1 Å². The molecule has 0 spiro atoms. The SMILES string of the molecule is CCc1cc(N=Nc2c(O)c(C(=O)Nc3ccc(NC(=O)c4cc5ccccc5c(N=Nc5cc(CC)cc(C(=O)Oc6cc(Cl)cc(Cl)c6)c5)c4O)cc3)cc3ccccc23)cc(C(=O)Oc2cc(Cl)cc(Cl)c2)c1. The van der Waals surface area contributed by atoms with Crippen LogP contribution in [0.4, 0.5) is 34.1 Å². The monoisotopic (exact) mass is 1090 g/mol. The number of ether oxygens (including phenoxy) is 2. The van der Waals surface area contributed by atoms with Gasteiger partial charge in [0, 0.05) is 42.2 Å². The Balaban J connectivity index is 0.920. The van der Waals surface area contributed by atoms with Crippen molar-refractivity contribution >= 4 is 126 Å². The predicted molar refractivity (Wildman–Crippen MR) is 296 cm³/mol. The van der Waals surface area contributed by atoms with E-state index in [2.05, 4.69) is 31.1 Å². The maximum absolute atomic E-state index is 13.9. The van der Waals surface area contributed by atoms with E-state index in [0.29, 0.717) is 65.9 Å². The lowest BCUT2D eigenvalue weighted by molar-refractivity contribution is 0.0725. The highest BCUT2D eigenvalue weighted by molar-refractivity contribution is 6.35. The van der Waals surface area contributed by atoms with Crippen LogP contribution in [-0.2, 0) is 12.8 Å². The van der Waals surface area contributed by atoms with Crippen molar-refractivity contribution in [3.05, 3.63) is 211 Å². The molecule has 0 heterocycles. The van der Waals surface area contributed by atoms with Crippen LogP contribution in [0.2, 0.25) is 20.1 Å². The summed E-state index contributed by atoms with van der Waals surface area (Å²) in [5.41, 5.74) is 2.94. The van der Waals surface area contributed by atoms with Crippen molar-refractivity contribution in [1.82, 2.24) is 0 Å². The number of carbonyl (C=O) groups excluding carboxylic acids is 4. The Labute approximate surface area is 454 Å². The van der Waals surface area contributed by atoms with Crippen LogP contribution in [0.5, 0.6) is 23.0 Å². The number of benzene rings is 9. The summed E-state index contributed by atoms with van der Waals surface area (Å²) in [6.07, 6.45) is 1.11. The number of fused-ring (bicyclic) bond motifs is 2. The van der Waals surface area contributed by atoms with Gasteiger partial charge in [-0.3, -0.25) is 9.59 Å². The quantitative estimate of drug-likeness (QED) is 0.0468. The van der Waals surface area contributed by atoms with Crippen LogP contribution in [0, 0.1) is 0 Å². The molecule has 0 aliphatic rings. The van der Waals surface area contributed by atoms with Gasteiger partial charge in [-0.25, -0.2) is 9.59 Å². The molecule has 0 fully saturated rings. The number of amides is 2. The molecular formula is C58H40Cl4N6O8. The molecule has 0 unspecified atom stereocenters. The number of rotatable bonds is 14. The molecule has 18 heteroatoms. The number of nitrogens with one attached hydrogen (secondary N) is 2. The first-order valence-electron chi connectivity index (χ1n) is 23.3. The predicted octanol–water partition coefficient (Wildman–Crippen LogP) is 16.9. The summed E-state index contributed by atoms with van der Waals surface area (Å²) in [5.74, 6) is -3.26. The van der Waals surface area contributed by atoms with E-state index >= 15 is 0 Å². The van der Waals surface area contributed by atoms with Crippen LogP contribution in [-0.4, -0.2) is 34.0 Å². The molecule has 0 radical (unpaired) electrons. The molecule has 0 aliphatic heterocycles. The second kappa shape index (κ2) is 22.8. The minimum atomic E-state index is -0.679. The van der Waals surface area contributed by atoms with Crippen LogP contribution in [0.15, 0.2) is 178 Å². The fraction of sp³-hybridized carbons (Fsp3) is 0.0690. The van der Waals surface area contributed by atoms with E-state index in [1.165, 1.54) is 60.7 Å². The van der Waals surface area contributed by atoms with Crippen LogP contribution in [0.25, 0.3) is 21.5 Å². The average molecular weight is 1090 g/mol. The highest BCUT2D eigenvalue weighted by Crippen LogP contribution is 2.42. The lowest BCUT2D eigenvalue weighted by Crippen LogP contribution is -2.13. The first-order chi connectivity index (χ1) is 36.6. The summed E-state index contributed by atoms with van der Waals surface area (Å²) >= 11 is 24.4. The Kier molecular flexibility index (Phi) is 15.7. The van der Waals surface area contributed by atoms with Crippen molar-refractivity contribution in [3.63, 3.8) is 0 Å². The van der Waals surface area contributed by atoms with Crippen molar-refractivity contribution in [3.8, 4) is 23.0 Å². The first kappa shape index (κ1) is 52.2. The fourth-order valence-electron chi connectivity index (χ4n) is 8.05. The smallest absolute Gasteiger partial charge is 0.343 e. The number of hydrogen-bond acceptors (Lipinski definition) is 12. The van der Waals surface area contributed by atoms with Crippen LogP contribution in [0.3, 0.4) is 0 Å². The zero-order chi connectivity index (χ0) is 53.6. The Morgan fingerprint density at radius 3 is 1.20 bits per heavy atom. The second-order valence-corrected chi connectivity index (χ2v) is 18.8. The van der Waals surface area contributed by atoms with Crippen molar-refractivity contribution in [1.29, 1.82) is 0 Å². The maximum Gasteiger partial charge on any atom is 0.343 e. The summed E-state index contributed by atoms with van der Waals surface area (Å²) in [7, 11) is 0. The second-order valence-electron chi connectivity index (χ2n) is 17.0. The van der Waals surface area contributed by atoms with E-state index in [-0.39, 0.29) is 56.5 Å². The summed E-state index contributed by atoms with van der Waals surface area (Å²) in [4.78, 5) is 54.2. The highest BCUT2D eigenvalue weighted by Gasteiger charge is 2.22. The molecule has 0 saturated heterocycles. The van der Waals surface area contributed by atoms with Gasteiger partial charge in [-0.2, -0.15) is 10.2 Å². The van der Waals surface area contributed by atoms with Gasteiger partial charge >= 0.3 is 11.9 Å². The molecule has 4 N–H and O–H groups in total. The van der Waals surface area contributed by atoms with Crippen molar-refractivity contribution in [2.45, 2.75) is 26.7 Å². The number of halogens is 4. The van der Waals surface area contributed by atoms with Gasteiger partial charge in [-0.1, -0.05) is 109 Å². The zero-order valence-corrected chi connectivity index (χ0v) is 43.1. The van der Waals surface area contributed by atoms with E-state index in [0.717, 1.165) is 11.1 Å². The number of anilines is 2. The number of azo groups is 2. The third-order valence-corrected chi connectivity index (χ3v) is 12.6. The van der Waals surface area contributed by atoms with Crippen molar-refractivity contribution in [2.75, 3.05) is 10.6 Å². The van der Waals surface area contributed by atoms with E-state index < -0.39 is 35.3 Å². The Morgan fingerprint density at radius 2 is 0.829 bits per heavy atom. The summed E-state index contributed by atoms with van der Waals surface area (Å²) in [6, 6.07) is 42.0. The molecule has 9 aromatic carbocycles. The number of hydrogen-bond donors (Lipinski definition) is 4. The molecule has 0 aromatic heterocycles. The number of esters is 2. The Hall–Kier alpha value is -8.66. The van der Waals surface area contributed by atoms with E-state index in [1.807, 2.05) is 13.8 Å². The number of aromatic hydroxyl groups is 2. The minimum absolute atomic E-state index is 0.0150. The van der Waals surface area contributed by atoms with Gasteiger partial charge < -0.3 is 30.3 Å². The van der Waals surface area contributed by atoms with Gasteiger partial charge in [0.15, 0.2) is 11.5 Å². The number of phenolic OH excluding ortho intramolecular Hbond substituents is 2. The molecule has 0 aliphatic carbocycles. The summed E-state index contributed by atoms with van der Waals surface area (Å²) < 4.78 is 11.1. The number of nitrogens with zero attached hydrogens (tertiary/aromatic N) is 4. The number of carbonyl (C=O) groups is 4. The molecule has 0 atom stereocenters. The zero-order valence-electron chi connectivity index (χ0n) is 40.1. The van der Waals surface area contributed by atoms with Crippen molar-refractivity contribution < 1.29 is 38.9 Å². The molecular weight excluding hydrogens is 1050 g/mol. The minimum Gasteiger partial charge on any atom is -0.505 e. The largest absolute Gasteiger partial charge is 0.505 e. The third-order valence-electron chi connectivity index (χ3n) is 11.7. The van der Waals surface area contributed by atoms with Gasteiger partial charge in [0.05, 0.1) is 33.6 Å². The van der Waals surface area contributed by atoms with Gasteiger partial charge in [0.25, 0.3) is 11.8 Å². The lowest BCUT2D eigenvalue weighted by Gasteiger charge is -2.13. The highest BCUT2D eigenvalue weighted by atomic mass is 35.5. The van der Waals surface area contributed by atoms with Gasteiger partial charge in [-0.05, 0) is 144 Å². The first-order valence-corrected chi connectivity index (χ1v) is 24.8. The van der Waals surface area contributed by atoms with Gasteiger partial charge in [0.1, 0.15) is 22.9 Å². The fourth-order valence-corrected chi connectivity index (χ4v) is 9.06. The van der Waals surface area contributed by atoms with E-state index in [9.17, 15) is 29.4 Å². The number of phenols is 2. The molecule has 14 nitrogen and oxygen atoms in total. The summed E-state index contributed by atoms with van der Waals surface area (Å²) in [5, 5.41) is 49.8. The third kappa shape index (κ3) is 12.1. The normalized spacial score (nSPS) is 11.3. The van der Waals surface area contributed by atoms with Crippen LogP contribution < -0.4 is 20.1 Å². The average Bonchev–Trinajstić information content (AvgIpc) is 3.40. The standard InChI is InChI=1S/C58H40Cl4N6O8/c1-3-31-17-35(57(73)75-45-27-37(59)25-38(60)28-45)21-43(19-31)65-67-51-47-11-7-5-9-33(47)23-49(53(51)69)55(71)63-41-13-15-42(16-14-41)64-56(72)50-24-34-10-6-8-12-48(34)52(54(50)70)68-66-44-20-32(4-2)18-36(22-44)58(74)76-46-29-39(61)26-40(62)30-46/h5-30,69-70H,3-4H2,1-2H3,(H,63,71)(H,64,72). The van der Waals surface area contributed by atoms with Crippen LogP contribution >= 0.6 is 46.4 Å². The van der Waals surface area contributed by atoms with Crippen LogP contribution in [0.1, 0.15) is 66.4 Å². The maximum atomic E-state index is 13.9. The van der Waals surface area contributed by atoms with Gasteiger partial charge in [0.2, 0.25) is 0 Å². The Morgan fingerprint density at radius 1 is 0.461 bits per heavy atom. The molecule has 76 heavy (non-hydrogen) atoms. The Bertz CT molecular complexity index is 3580. The molecule has 9 rings (SSSR count). The molecule has 0 bridgehead atoms. The molecule has 9 aromatic rings. The topological polar surface area (TPSA) is 201 Å². The molecule has 378 valence electrons. The molecule has 0 saturated carbocycles. The van der Waals surface area contributed by atoms with E-state index in [4.69, 9.17) is 55.9 Å². The number of aryl methyl sites for hydroxylation is 2. The lowest BCUT2D eigenvalue weighted by atomic mass is 10.0. The van der Waals surface area contributed by atoms with Gasteiger partial charge in [-0.15, -0.1) is 10.2 Å².